The number of methoxy groups -OCH3 is 2. The number of nitrogens with one attached hydrogen (secondary N) is 2. The minimum atomic E-state index is -0.185. The van der Waals surface area contributed by atoms with Crippen molar-refractivity contribution in [3.05, 3.63) is 58.7 Å². The molecular formula is C22H28N2O3. The highest BCUT2D eigenvalue weighted by Gasteiger charge is 2.14. The average molecular weight is 368 g/mol. The standard InChI is InChI=1S/C22H28N2O3/c1-15(18-10-9-17-6-4-5-7-19(17)13-18)24-22(25)23-14-16-8-11-20(26-2)21(12-16)27-3/h8-13,15H,4-7,14H2,1-3H3,(H2,23,24,25). The van der Waals surface area contributed by atoms with Crippen LogP contribution in [0.2, 0.25) is 0 Å². The van der Waals surface area contributed by atoms with Crippen LogP contribution in [0.1, 0.15) is 48.1 Å². The second-order valence-corrected chi connectivity index (χ2v) is 6.97. The zero-order valence-electron chi connectivity index (χ0n) is 16.3. The van der Waals surface area contributed by atoms with Crippen LogP contribution in [-0.4, -0.2) is 20.3 Å². The molecule has 3 rings (SSSR count). The predicted molar refractivity (Wildman–Crippen MR) is 106 cm³/mol. The Labute approximate surface area is 161 Å². The summed E-state index contributed by atoms with van der Waals surface area (Å²) in [6.45, 7) is 2.43. The molecule has 0 aliphatic heterocycles. The van der Waals surface area contributed by atoms with E-state index in [2.05, 4.69) is 28.8 Å². The topological polar surface area (TPSA) is 59.6 Å². The molecule has 1 atom stereocenters. The van der Waals surface area contributed by atoms with Crippen molar-refractivity contribution in [1.29, 1.82) is 0 Å². The molecule has 0 fully saturated rings. The van der Waals surface area contributed by atoms with Gasteiger partial charge in [-0.05, 0) is 67.0 Å². The number of urea groups is 1. The largest absolute Gasteiger partial charge is 0.493 e. The smallest absolute Gasteiger partial charge is 0.315 e. The minimum Gasteiger partial charge on any atom is -0.493 e. The van der Waals surface area contributed by atoms with E-state index in [0.717, 1.165) is 17.5 Å². The maximum Gasteiger partial charge on any atom is 0.315 e. The van der Waals surface area contributed by atoms with Gasteiger partial charge in [-0.15, -0.1) is 0 Å². The van der Waals surface area contributed by atoms with Gasteiger partial charge in [0.05, 0.1) is 20.3 Å². The first-order chi connectivity index (χ1) is 13.1. The Morgan fingerprint density at radius 3 is 2.48 bits per heavy atom. The molecule has 0 heterocycles. The molecule has 2 N–H and O–H groups in total. The van der Waals surface area contributed by atoms with Gasteiger partial charge >= 0.3 is 6.03 Å². The third-order valence-corrected chi connectivity index (χ3v) is 5.12. The third-order valence-electron chi connectivity index (χ3n) is 5.12. The van der Waals surface area contributed by atoms with E-state index in [9.17, 15) is 4.79 Å². The highest BCUT2D eigenvalue weighted by molar-refractivity contribution is 5.74. The van der Waals surface area contributed by atoms with Crippen LogP contribution in [0.25, 0.3) is 0 Å². The molecule has 0 bridgehead atoms. The third kappa shape index (κ3) is 4.73. The number of ether oxygens (including phenoxy) is 2. The Bertz CT molecular complexity index is 804. The van der Waals surface area contributed by atoms with Crippen LogP contribution in [0.4, 0.5) is 4.79 Å². The summed E-state index contributed by atoms with van der Waals surface area (Å²) in [5.74, 6) is 1.33. The molecule has 0 saturated carbocycles. The van der Waals surface area contributed by atoms with Crippen LogP contribution in [0, 0.1) is 0 Å². The first-order valence-corrected chi connectivity index (χ1v) is 9.47. The zero-order chi connectivity index (χ0) is 19.2. The molecule has 2 amide bonds. The number of carbonyl (C=O) groups excluding carboxylic acids is 1. The normalized spacial score (nSPS) is 14.0. The van der Waals surface area contributed by atoms with Crippen molar-refractivity contribution in [2.75, 3.05) is 14.2 Å². The van der Waals surface area contributed by atoms with Gasteiger partial charge in [-0.2, -0.15) is 0 Å². The highest BCUT2D eigenvalue weighted by Crippen LogP contribution is 2.27. The quantitative estimate of drug-likeness (QED) is 0.805. The van der Waals surface area contributed by atoms with Crippen LogP contribution in [0.3, 0.4) is 0 Å². The Balaban J connectivity index is 1.56. The number of hydrogen-bond acceptors (Lipinski definition) is 3. The summed E-state index contributed by atoms with van der Waals surface area (Å²) in [6.07, 6.45) is 4.84. The molecule has 0 aromatic heterocycles. The molecule has 144 valence electrons. The summed E-state index contributed by atoms with van der Waals surface area (Å²) < 4.78 is 10.5. The van der Waals surface area contributed by atoms with Gasteiger partial charge in [0.15, 0.2) is 11.5 Å². The molecule has 5 heteroatoms. The van der Waals surface area contributed by atoms with E-state index in [1.54, 1.807) is 14.2 Å². The number of fused-ring (bicyclic) bond motifs is 1. The Kier molecular flexibility index (Phi) is 6.22. The lowest BCUT2D eigenvalue weighted by Crippen LogP contribution is -2.36. The number of aryl methyl sites for hydroxylation is 2. The van der Waals surface area contributed by atoms with Crippen LogP contribution in [-0.2, 0) is 19.4 Å². The highest BCUT2D eigenvalue weighted by atomic mass is 16.5. The molecule has 1 aliphatic rings. The first kappa shape index (κ1) is 19.1. The monoisotopic (exact) mass is 368 g/mol. The van der Waals surface area contributed by atoms with Crippen molar-refractivity contribution in [2.45, 2.75) is 45.2 Å². The van der Waals surface area contributed by atoms with Crippen LogP contribution >= 0.6 is 0 Å². The van der Waals surface area contributed by atoms with Crippen LogP contribution in [0.15, 0.2) is 36.4 Å². The van der Waals surface area contributed by atoms with Gasteiger partial charge in [0.25, 0.3) is 0 Å². The van der Waals surface area contributed by atoms with E-state index in [1.807, 2.05) is 25.1 Å². The lowest BCUT2D eigenvalue weighted by atomic mass is 9.89. The SMILES string of the molecule is COc1ccc(CNC(=O)NC(C)c2ccc3c(c2)CCCC3)cc1OC. The molecule has 1 unspecified atom stereocenters. The summed E-state index contributed by atoms with van der Waals surface area (Å²) in [5, 5.41) is 5.92. The summed E-state index contributed by atoms with van der Waals surface area (Å²) in [5.41, 5.74) is 4.98. The Hall–Kier alpha value is -2.69. The van der Waals surface area contributed by atoms with E-state index in [1.165, 1.54) is 30.4 Å². The molecule has 1 aliphatic carbocycles. The van der Waals surface area contributed by atoms with E-state index in [-0.39, 0.29) is 12.1 Å². The fourth-order valence-corrected chi connectivity index (χ4v) is 3.53. The summed E-state index contributed by atoms with van der Waals surface area (Å²) >= 11 is 0. The van der Waals surface area contributed by atoms with Gasteiger partial charge in [-0.3, -0.25) is 0 Å². The van der Waals surface area contributed by atoms with Gasteiger partial charge in [0, 0.05) is 6.54 Å². The van der Waals surface area contributed by atoms with Crippen molar-refractivity contribution in [1.82, 2.24) is 10.6 Å². The number of rotatable bonds is 6. The second-order valence-electron chi connectivity index (χ2n) is 6.97. The molecule has 27 heavy (non-hydrogen) atoms. The number of carbonyl (C=O) groups is 1. The lowest BCUT2D eigenvalue weighted by molar-refractivity contribution is 0.237. The minimum absolute atomic E-state index is 0.0392. The summed E-state index contributed by atoms with van der Waals surface area (Å²) in [6, 6.07) is 12.0. The number of hydrogen-bond donors (Lipinski definition) is 2. The summed E-state index contributed by atoms with van der Waals surface area (Å²) in [4.78, 5) is 12.3. The Morgan fingerprint density at radius 1 is 1.00 bits per heavy atom. The molecule has 5 nitrogen and oxygen atoms in total. The fourth-order valence-electron chi connectivity index (χ4n) is 3.53. The molecule has 0 radical (unpaired) electrons. The van der Waals surface area contributed by atoms with Gasteiger partial charge in [-0.25, -0.2) is 4.79 Å². The second kappa shape index (κ2) is 8.80. The van der Waals surface area contributed by atoms with Crippen LogP contribution < -0.4 is 20.1 Å². The summed E-state index contributed by atoms with van der Waals surface area (Å²) in [7, 11) is 3.20. The molecule has 2 aromatic rings. The maximum absolute atomic E-state index is 12.3. The van der Waals surface area contributed by atoms with E-state index in [0.29, 0.717) is 18.0 Å². The van der Waals surface area contributed by atoms with Crippen molar-refractivity contribution < 1.29 is 14.3 Å². The van der Waals surface area contributed by atoms with E-state index < -0.39 is 0 Å². The number of benzene rings is 2. The molecule has 0 saturated heterocycles. The van der Waals surface area contributed by atoms with Gasteiger partial charge in [0.1, 0.15) is 0 Å². The van der Waals surface area contributed by atoms with Crippen molar-refractivity contribution >= 4 is 6.03 Å². The van der Waals surface area contributed by atoms with Crippen molar-refractivity contribution in [2.24, 2.45) is 0 Å². The fraction of sp³-hybridized carbons (Fsp3) is 0.409. The van der Waals surface area contributed by atoms with Crippen molar-refractivity contribution in [3.63, 3.8) is 0 Å². The van der Waals surface area contributed by atoms with E-state index >= 15 is 0 Å². The molecular weight excluding hydrogens is 340 g/mol. The van der Waals surface area contributed by atoms with Crippen LogP contribution in [0.5, 0.6) is 11.5 Å². The molecule has 2 aromatic carbocycles. The van der Waals surface area contributed by atoms with Gasteiger partial charge in [-0.1, -0.05) is 24.3 Å². The lowest BCUT2D eigenvalue weighted by Gasteiger charge is -2.20. The number of amides is 2. The van der Waals surface area contributed by atoms with Gasteiger partial charge < -0.3 is 20.1 Å². The van der Waals surface area contributed by atoms with Crippen molar-refractivity contribution in [3.8, 4) is 11.5 Å². The van der Waals surface area contributed by atoms with E-state index in [4.69, 9.17) is 9.47 Å². The predicted octanol–water partition coefficient (Wildman–Crippen LogP) is 4.14. The first-order valence-electron chi connectivity index (χ1n) is 9.47. The molecule has 0 spiro atoms. The Morgan fingerprint density at radius 2 is 1.74 bits per heavy atom. The zero-order valence-corrected chi connectivity index (χ0v) is 16.3. The average Bonchev–Trinajstić information content (AvgIpc) is 2.71. The maximum atomic E-state index is 12.3. The van der Waals surface area contributed by atoms with Gasteiger partial charge in [0.2, 0.25) is 0 Å².